The summed E-state index contributed by atoms with van der Waals surface area (Å²) in [5.41, 5.74) is 4.22. The molecule has 0 amide bonds. The molecule has 0 radical (unpaired) electrons. The van der Waals surface area contributed by atoms with Gasteiger partial charge in [-0.3, -0.25) is 0 Å². The van der Waals surface area contributed by atoms with Crippen LogP contribution >= 0.6 is 0 Å². The van der Waals surface area contributed by atoms with Gasteiger partial charge in [-0.1, -0.05) is 86.6 Å². The maximum atomic E-state index is 9.78. The molecule has 0 bridgehead atoms. The van der Waals surface area contributed by atoms with Crippen LogP contribution in [-0.4, -0.2) is 20.4 Å². The summed E-state index contributed by atoms with van der Waals surface area (Å²) in [6.45, 7) is 4.14. The maximum absolute atomic E-state index is 9.78. The molecule has 0 aliphatic heterocycles. The number of rotatable bonds is 6. The van der Waals surface area contributed by atoms with Crippen LogP contribution in [-0.2, 0) is 12.8 Å². The van der Waals surface area contributed by atoms with Gasteiger partial charge in [-0.05, 0) is 59.1 Å². The zero-order chi connectivity index (χ0) is 24.5. The van der Waals surface area contributed by atoms with Crippen molar-refractivity contribution in [3.05, 3.63) is 119 Å². The monoisotopic (exact) mass is 456 g/mol. The SMILES string of the molecule is CC(Cc1ccccc1)c1ccc(O)cc1O.CC(Cc1ccccc1)c1ccc(O)cc1O. The third kappa shape index (κ3) is 7.04. The number of phenolic OH excluding ortho intramolecular Hbond substituents is 4. The van der Waals surface area contributed by atoms with E-state index in [0.717, 1.165) is 24.0 Å². The van der Waals surface area contributed by atoms with Gasteiger partial charge < -0.3 is 20.4 Å². The Morgan fingerprint density at radius 1 is 0.500 bits per heavy atom. The Morgan fingerprint density at radius 3 is 1.18 bits per heavy atom. The van der Waals surface area contributed by atoms with E-state index in [0.29, 0.717) is 0 Å². The van der Waals surface area contributed by atoms with Gasteiger partial charge in [0.2, 0.25) is 0 Å². The van der Waals surface area contributed by atoms with Crippen LogP contribution in [0.1, 0.15) is 47.9 Å². The Bertz CT molecular complexity index is 1080. The van der Waals surface area contributed by atoms with E-state index >= 15 is 0 Å². The van der Waals surface area contributed by atoms with Crippen LogP contribution < -0.4 is 0 Å². The van der Waals surface area contributed by atoms with E-state index in [2.05, 4.69) is 38.1 Å². The van der Waals surface area contributed by atoms with E-state index in [1.165, 1.54) is 23.3 Å². The predicted octanol–water partition coefficient (Wildman–Crippen LogP) is 6.89. The molecule has 176 valence electrons. The second kappa shape index (κ2) is 11.8. The van der Waals surface area contributed by atoms with Gasteiger partial charge in [-0.15, -0.1) is 0 Å². The number of phenols is 4. The molecule has 0 saturated heterocycles. The number of benzene rings is 4. The van der Waals surface area contributed by atoms with Crippen molar-refractivity contribution in [2.45, 2.75) is 38.5 Å². The van der Waals surface area contributed by atoms with Crippen LogP contribution in [0.2, 0.25) is 0 Å². The molecule has 4 heteroatoms. The first-order valence-electron chi connectivity index (χ1n) is 11.4. The fourth-order valence-corrected chi connectivity index (χ4v) is 4.05. The number of hydrogen-bond donors (Lipinski definition) is 4. The highest BCUT2D eigenvalue weighted by molar-refractivity contribution is 5.42. The zero-order valence-corrected chi connectivity index (χ0v) is 19.6. The van der Waals surface area contributed by atoms with Crippen molar-refractivity contribution in [2.75, 3.05) is 0 Å². The summed E-state index contributed by atoms with van der Waals surface area (Å²) in [5.74, 6) is 0.953. The quantitative estimate of drug-likeness (QED) is 0.255. The third-order valence-corrected chi connectivity index (χ3v) is 5.86. The first-order valence-corrected chi connectivity index (χ1v) is 11.4. The van der Waals surface area contributed by atoms with Crippen LogP contribution in [0, 0.1) is 0 Å². The normalized spacial score (nSPS) is 12.3. The van der Waals surface area contributed by atoms with E-state index < -0.39 is 0 Å². The van der Waals surface area contributed by atoms with Gasteiger partial charge in [0.25, 0.3) is 0 Å². The Balaban J connectivity index is 0.000000191. The molecular formula is C30H32O4. The summed E-state index contributed by atoms with van der Waals surface area (Å²) in [4.78, 5) is 0. The van der Waals surface area contributed by atoms with Crippen molar-refractivity contribution in [3.63, 3.8) is 0 Å². The van der Waals surface area contributed by atoms with Crippen molar-refractivity contribution >= 4 is 0 Å². The highest BCUT2D eigenvalue weighted by Gasteiger charge is 2.12. The van der Waals surface area contributed by atoms with Crippen molar-refractivity contribution in [1.82, 2.24) is 0 Å². The molecule has 4 rings (SSSR count). The molecular weight excluding hydrogens is 424 g/mol. The molecule has 0 aliphatic carbocycles. The fraction of sp³-hybridized carbons (Fsp3) is 0.200. The van der Waals surface area contributed by atoms with Gasteiger partial charge in [-0.25, -0.2) is 0 Å². The molecule has 4 aromatic carbocycles. The van der Waals surface area contributed by atoms with Crippen LogP contribution in [0.4, 0.5) is 0 Å². The predicted molar refractivity (Wildman–Crippen MR) is 137 cm³/mol. The van der Waals surface area contributed by atoms with Crippen molar-refractivity contribution in [1.29, 1.82) is 0 Å². The van der Waals surface area contributed by atoms with E-state index in [1.54, 1.807) is 24.3 Å². The van der Waals surface area contributed by atoms with Crippen molar-refractivity contribution < 1.29 is 20.4 Å². The maximum Gasteiger partial charge on any atom is 0.122 e. The molecule has 2 atom stereocenters. The van der Waals surface area contributed by atoms with E-state index in [1.807, 2.05) is 36.4 Å². The first-order chi connectivity index (χ1) is 16.3. The van der Waals surface area contributed by atoms with E-state index in [-0.39, 0.29) is 34.8 Å². The Morgan fingerprint density at radius 2 is 0.853 bits per heavy atom. The smallest absolute Gasteiger partial charge is 0.122 e. The molecule has 4 nitrogen and oxygen atoms in total. The van der Waals surface area contributed by atoms with Gasteiger partial charge >= 0.3 is 0 Å². The summed E-state index contributed by atoms with van der Waals surface area (Å²) in [6, 6.07) is 29.9. The Hall–Kier alpha value is -3.92. The van der Waals surface area contributed by atoms with Gasteiger partial charge in [0, 0.05) is 12.1 Å². The molecule has 0 heterocycles. The van der Waals surface area contributed by atoms with Crippen LogP contribution in [0.5, 0.6) is 23.0 Å². The fourth-order valence-electron chi connectivity index (χ4n) is 4.05. The molecule has 4 N–H and O–H groups in total. The minimum atomic E-state index is 0.0955. The lowest BCUT2D eigenvalue weighted by Gasteiger charge is -2.13. The first kappa shape index (κ1) is 24.7. The minimum Gasteiger partial charge on any atom is -0.508 e. The highest BCUT2D eigenvalue weighted by atomic mass is 16.3. The van der Waals surface area contributed by atoms with Gasteiger partial charge in [0.05, 0.1) is 0 Å². The summed E-state index contributed by atoms with van der Waals surface area (Å²) in [7, 11) is 0. The Labute approximate surface area is 201 Å². The van der Waals surface area contributed by atoms with Gasteiger partial charge in [0.15, 0.2) is 0 Å². The molecule has 0 saturated carbocycles. The van der Waals surface area contributed by atoms with Crippen molar-refractivity contribution in [3.8, 4) is 23.0 Å². The summed E-state index contributed by atoms with van der Waals surface area (Å²) < 4.78 is 0. The summed E-state index contributed by atoms with van der Waals surface area (Å²) in [5, 5.41) is 38.1. The van der Waals surface area contributed by atoms with E-state index in [4.69, 9.17) is 0 Å². The molecule has 0 aliphatic rings. The second-order valence-electron chi connectivity index (χ2n) is 8.67. The molecule has 4 aromatic rings. The highest BCUT2D eigenvalue weighted by Crippen LogP contribution is 2.32. The number of aromatic hydroxyl groups is 4. The minimum absolute atomic E-state index is 0.0955. The molecule has 0 fully saturated rings. The lowest BCUT2D eigenvalue weighted by molar-refractivity contribution is 0.441. The van der Waals surface area contributed by atoms with Crippen molar-refractivity contribution in [2.24, 2.45) is 0 Å². The average Bonchev–Trinajstić information content (AvgIpc) is 2.80. The zero-order valence-electron chi connectivity index (χ0n) is 19.6. The standard InChI is InChI=1S/2C15H16O2/c2*1-11(9-12-5-3-2-4-6-12)14-8-7-13(16)10-15(14)17/h2*2-8,10-11,16-17H,9H2,1H3. The van der Waals surface area contributed by atoms with E-state index in [9.17, 15) is 20.4 Å². The van der Waals surface area contributed by atoms with Gasteiger partial charge in [-0.2, -0.15) is 0 Å². The van der Waals surface area contributed by atoms with Gasteiger partial charge in [0.1, 0.15) is 23.0 Å². The molecule has 0 aromatic heterocycles. The number of hydrogen-bond acceptors (Lipinski definition) is 4. The largest absolute Gasteiger partial charge is 0.508 e. The second-order valence-corrected chi connectivity index (χ2v) is 8.67. The average molecular weight is 457 g/mol. The molecule has 34 heavy (non-hydrogen) atoms. The lowest BCUT2D eigenvalue weighted by Crippen LogP contribution is -1.98. The summed E-state index contributed by atoms with van der Waals surface area (Å²) >= 11 is 0. The molecule has 2 unspecified atom stereocenters. The summed E-state index contributed by atoms with van der Waals surface area (Å²) in [6.07, 6.45) is 1.75. The van der Waals surface area contributed by atoms with Crippen LogP contribution in [0.15, 0.2) is 97.1 Å². The topological polar surface area (TPSA) is 80.9 Å². The van der Waals surface area contributed by atoms with Crippen LogP contribution in [0.25, 0.3) is 0 Å². The lowest BCUT2D eigenvalue weighted by atomic mass is 9.93. The van der Waals surface area contributed by atoms with Crippen LogP contribution in [0.3, 0.4) is 0 Å². The third-order valence-electron chi connectivity index (χ3n) is 5.86. The molecule has 0 spiro atoms. The Kier molecular flexibility index (Phi) is 8.58.